The van der Waals surface area contributed by atoms with Crippen LogP contribution in [-0.2, 0) is 19.1 Å². The van der Waals surface area contributed by atoms with Gasteiger partial charge in [0.2, 0.25) is 11.8 Å². The Morgan fingerprint density at radius 1 is 1.05 bits per heavy atom. The van der Waals surface area contributed by atoms with Crippen LogP contribution in [0.25, 0.3) is 0 Å². The number of ether oxygens (including phenoxy) is 1. The van der Waals surface area contributed by atoms with E-state index >= 15 is 0 Å². The van der Waals surface area contributed by atoms with Gasteiger partial charge in [-0.05, 0) is 20.8 Å². The molecule has 0 aromatic heterocycles. The number of aliphatic carboxylic acids is 1. The van der Waals surface area contributed by atoms with Crippen LogP contribution in [0, 0.1) is 0 Å². The number of carbonyl (C=O) groups excluding carboxylic acids is 3. The van der Waals surface area contributed by atoms with E-state index in [1.54, 1.807) is 20.8 Å². The summed E-state index contributed by atoms with van der Waals surface area (Å²) in [6.07, 6.45) is -1.08. The lowest BCUT2D eigenvalue weighted by atomic mass is 10.2. The summed E-state index contributed by atoms with van der Waals surface area (Å²) in [6, 6.07) is 0. The molecule has 0 aromatic rings. The minimum absolute atomic E-state index is 0.433. The number of carboxylic acids is 1. The molecular formula is C11H18N2O6. The van der Waals surface area contributed by atoms with Gasteiger partial charge in [-0.3, -0.25) is 14.4 Å². The molecule has 0 spiro atoms. The zero-order valence-corrected chi connectivity index (χ0v) is 11.6. The number of carbonyl (C=O) groups is 4. The molecule has 8 nitrogen and oxygen atoms in total. The summed E-state index contributed by atoms with van der Waals surface area (Å²) in [5, 5.41) is 9.63. The summed E-state index contributed by atoms with van der Waals surface area (Å²) in [5.74, 6) is -2.93. The molecule has 0 rings (SSSR count). The van der Waals surface area contributed by atoms with Crippen LogP contribution in [0.2, 0.25) is 0 Å². The lowest BCUT2D eigenvalue weighted by molar-refractivity contribution is -0.163. The highest BCUT2D eigenvalue weighted by molar-refractivity contribution is 5.95. The Balaban J connectivity index is 5.30. The standard InChI is InChI=1S/C11H18N2O6/c1-7(14)13(8(2)15)12(6-9(16)17)10(18)19-11(3,4)5/h6H2,1-5H3,(H,16,17). The van der Waals surface area contributed by atoms with Crippen molar-refractivity contribution in [2.45, 2.75) is 40.2 Å². The largest absolute Gasteiger partial charge is 0.480 e. The van der Waals surface area contributed by atoms with E-state index in [1.165, 1.54) is 0 Å². The summed E-state index contributed by atoms with van der Waals surface area (Å²) in [4.78, 5) is 45.3. The number of carboxylic acid groups (broad SMARTS) is 1. The maximum absolute atomic E-state index is 11.8. The topological polar surface area (TPSA) is 104 Å². The second-order valence-electron chi connectivity index (χ2n) is 4.78. The first-order valence-corrected chi connectivity index (χ1v) is 5.49. The van der Waals surface area contributed by atoms with Crippen LogP contribution in [0.1, 0.15) is 34.6 Å². The monoisotopic (exact) mass is 274 g/mol. The van der Waals surface area contributed by atoms with Crippen molar-refractivity contribution < 1.29 is 29.0 Å². The Hall–Kier alpha value is -2.12. The van der Waals surface area contributed by atoms with Crippen LogP contribution >= 0.6 is 0 Å². The molecule has 19 heavy (non-hydrogen) atoms. The highest BCUT2D eigenvalue weighted by Gasteiger charge is 2.32. The first-order chi connectivity index (χ1) is 8.45. The normalized spacial score (nSPS) is 10.6. The van der Waals surface area contributed by atoms with Crippen molar-refractivity contribution in [1.29, 1.82) is 0 Å². The molecule has 1 N–H and O–H groups in total. The third kappa shape index (κ3) is 5.84. The van der Waals surface area contributed by atoms with E-state index in [1.807, 2.05) is 0 Å². The van der Waals surface area contributed by atoms with E-state index in [9.17, 15) is 19.2 Å². The molecule has 8 heteroatoms. The van der Waals surface area contributed by atoms with E-state index in [4.69, 9.17) is 9.84 Å². The van der Waals surface area contributed by atoms with E-state index in [-0.39, 0.29) is 0 Å². The summed E-state index contributed by atoms with van der Waals surface area (Å²) in [6.45, 7) is 5.97. The smallest absolute Gasteiger partial charge is 0.430 e. The molecule has 3 amide bonds. The Labute approximate surface area is 110 Å². The molecule has 0 fully saturated rings. The van der Waals surface area contributed by atoms with Crippen molar-refractivity contribution in [3.05, 3.63) is 0 Å². The molecule has 0 aromatic carbocycles. The van der Waals surface area contributed by atoms with Crippen LogP contribution in [0.3, 0.4) is 0 Å². The van der Waals surface area contributed by atoms with Gasteiger partial charge in [0.25, 0.3) is 0 Å². The Morgan fingerprint density at radius 2 is 1.47 bits per heavy atom. The van der Waals surface area contributed by atoms with E-state index < -0.39 is 36.0 Å². The summed E-state index contributed by atoms with van der Waals surface area (Å²) >= 11 is 0. The number of imide groups is 1. The van der Waals surface area contributed by atoms with Gasteiger partial charge in [0.1, 0.15) is 12.1 Å². The number of nitrogens with zero attached hydrogens (tertiary/aromatic N) is 2. The Kier molecular flexibility index (Phi) is 5.48. The van der Waals surface area contributed by atoms with Gasteiger partial charge in [0, 0.05) is 13.8 Å². The highest BCUT2D eigenvalue weighted by Crippen LogP contribution is 2.12. The van der Waals surface area contributed by atoms with Crippen molar-refractivity contribution in [3.8, 4) is 0 Å². The van der Waals surface area contributed by atoms with Crippen molar-refractivity contribution in [1.82, 2.24) is 10.0 Å². The first kappa shape index (κ1) is 16.9. The molecule has 0 aliphatic rings. The molecule has 0 heterocycles. The van der Waals surface area contributed by atoms with Gasteiger partial charge in [-0.25, -0.2) is 4.79 Å². The predicted molar refractivity (Wildman–Crippen MR) is 63.8 cm³/mol. The Morgan fingerprint density at radius 3 is 1.74 bits per heavy atom. The molecule has 0 aliphatic heterocycles. The van der Waals surface area contributed by atoms with E-state index in [0.717, 1.165) is 13.8 Å². The Bertz CT molecular complexity index is 384. The first-order valence-electron chi connectivity index (χ1n) is 5.49. The number of rotatable bonds is 2. The predicted octanol–water partition coefficient (Wildman–Crippen LogP) is 0.618. The van der Waals surface area contributed by atoms with Crippen molar-refractivity contribution in [2.75, 3.05) is 6.54 Å². The SMILES string of the molecule is CC(=O)N(C(C)=O)N(CC(=O)O)C(=O)OC(C)(C)C. The van der Waals surface area contributed by atoms with Crippen LogP contribution in [0.4, 0.5) is 4.79 Å². The van der Waals surface area contributed by atoms with Crippen LogP contribution in [0.5, 0.6) is 0 Å². The van der Waals surface area contributed by atoms with Gasteiger partial charge in [-0.1, -0.05) is 0 Å². The van der Waals surface area contributed by atoms with Gasteiger partial charge >= 0.3 is 12.1 Å². The molecular weight excluding hydrogens is 256 g/mol. The van der Waals surface area contributed by atoms with Crippen molar-refractivity contribution in [3.63, 3.8) is 0 Å². The summed E-state index contributed by atoms with van der Waals surface area (Å²) in [5.41, 5.74) is -0.882. The highest BCUT2D eigenvalue weighted by atomic mass is 16.6. The summed E-state index contributed by atoms with van der Waals surface area (Å²) in [7, 11) is 0. The second kappa shape index (κ2) is 6.17. The lowest BCUT2D eigenvalue weighted by Crippen LogP contribution is -2.54. The maximum atomic E-state index is 11.8. The molecule has 108 valence electrons. The maximum Gasteiger partial charge on any atom is 0.430 e. The minimum Gasteiger partial charge on any atom is -0.480 e. The van der Waals surface area contributed by atoms with Crippen molar-refractivity contribution >= 4 is 23.9 Å². The second-order valence-corrected chi connectivity index (χ2v) is 4.78. The van der Waals surface area contributed by atoms with Crippen LogP contribution in [-0.4, -0.2) is 51.1 Å². The van der Waals surface area contributed by atoms with Crippen LogP contribution < -0.4 is 0 Å². The van der Waals surface area contributed by atoms with Gasteiger partial charge < -0.3 is 9.84 Å². The molecule has 0 saturated carbocycles. The molecule has 0 aliphatic carbocycles. The van der Waals surface area contributed by atoms with Crippen molar-refractivity contribution in [2.24, 2.45) is 0 Å². The van der Waals surface area contributed by atoms with E-state index in [0.29, 0.717) is 10.0 Å². The van der Waals surface area contributed by atoms with Gasteiger partial charge in [-0.15, -0.1) is 0 Å². The number of hydrogen-bond acceptors (Lipinski definition) is 5. The molecule has 0 atom stereocenters. The molecule has 0 saturated heterocycles. The fraction of sp³-hybridized carbons (Fsp3) is 0.636. The van der Waals surface area contributed by atoms with E-state index in [2.05, 4.69) is 0 Å². The third-order valence-corrected chi connectivity index (χ3v) is 1.73. The number of amides is 3. The third-order valence-electron chi connectivity index (χ3n) is 1.73. The fourth-order valence-electron chi connectivity index (χ4n) is 1.22. The molecule has 0 radical (unpaired) electrons. The van der Waals surface area contributed by atoms with Gasteiger partial charge in [-0.2, -0.15) is 10.0 Å². The van der Waals surface area contributed by atoms with Crippen LogP contribution in [0.15, 0.2) is 0 Å². The zero-order valence-electron chi connectivity index (χ0n) is 11.6. The average molecular weight is 274 g/mol. The minimum atomic E-state index is -1.38. The number of hydrogen-bond donors (Lipinski definition) is 1. The quantitative estimate of drug-likeness (QED) is 0.740. The zero-order chi connectivity index (χ0) is 15.4. The number of hydrazine groups is 1. The van der Waals surface area contributed by atoms with Gasteiger partial charge in [0.15, 0.2) is 0 Å². The lowest BCUT2D eigenvalue weighted by Gasteiger charge is -2.32. The fourth-order valence-corrected chi connectivity index (χ4v) is 1.22. The summed E-state index contributed by atoms with van der Waals surface area (Å²) < 4.78 is 4.96. The van der Waals surface area contributed by atoms with Gasteiger partial charge in [0.05, 0.1) is 0 Å². The molecule has 0 unspecified atom stereocenters. The molecule has 0 bridgehead atoms. The average Bonchev–Trinajstić information content (AvgIpc) is 2.11.